The van der Waals surface area contributed by atoms with Gasteiger partial charge in [0.25, 0.3) is 0 Å². The van der Waals surface area contributed by atoms with Gasteiger partial charge in [0.1, 0.15) is 0 Å². The topological polar surface area (TPSA) is 27.3 Å². The second kappa shape index (κ2) is 7.65. The Morgan fingerprint density at radius 1 is 1.30 bits per heavy atom. The predicted octanol–water partition coefficient (Wildman–Crippen LogP) is 4.20. The first-order valence-corrected chi connectivity index (χ1v) is 9.14. The van der Waals surface area contributed by atoms with Crippen molar-refractivity contribution in [2.24, 2.45) is 0 Å². The van der Waals surface area contributed by atoms with Gasteiger partial charge in [-0.2, -0.15) is 0 Å². The van der Waals surface area contributed by atoms with Crippen molar-refractivity contribution in [3.05, 3.63) is 41.9 Å². The van der Waals surface area contributed by atoms with Crippen LogP contribution in [0, 0.1) is 0 Å². The fourth-order valence-electron chi connectivity index (χ4n) is 3.95. The molecule has 0 radical (unpaired) electrons. The van der Waals surface area contributed by atoms with Gasteiger partial charge in [0.15, 0.2) is 5.11 Å². The predicted molar refractivity (Wildman–Crippen MR) is 102 cm³/mol. The van der Waals surface area contributed by atoms with Gasteiger partial charge in [-0.3, -0.25) is 4.90 Å². The first kappa shape index (κ1) is 16.7. The van der Waals surface area contributed by atoms with Crippen molar-refractivity contribution in [1.82, 2.24) is 10.2 Å². The van der Waals surface area contributed by atoms with Gasteiger partial charge in [-0.1, -0.05) is 36.2 Å². The van der Waals surface area contributed by atoms with Crippen LogP contribution in [0.3, 0.4) is 0 Å². The van der Waals surface area contributed by atoms with Gasteiger partial charge >= 0.3 is 0 Å². The number of nitrogens with one attached hydrogen (secondary N) is 2. The number of para-hydroxylation sites is 1. The fourth-order valence-corrected chi connectivity index (χ4v) is 4.41. The highest BCUT2D eigenvalue weighted by Crippen LogP contribution is 2.34. The Labute approximate surface area is 149 Å². The van der Waals surface area contributed by atoms with Gasteiger partial charge < -0.3 is 10.6 Å². The molecule has 124 valence electrons. The zero-order valence-electron chi connectivity index (χ0n) is 13.3. The van der Waals surface area contributed by atoms with Crippen molar-refractivity contribution < 1.29 is 0 Å². The smallest absolute Gasteiger partial charge is 0.171 e. The van der Waals surface area contributed by atoms with E-state index in [2.05, 4.69) is 22.1 Å². The number of hydrogen-bond acceptors (Lipinski definition) is 2. The highest BCUT2D eigenvalue weighted by atomic mass is 35.5. The van der Waals surface area contributed by atoms with E-state index >= 15 is 0 Å². The summed E-state index contributed by atoms with van der Waals surface area (Å²) in [5.74, 6) is 0. The minimum absolute atomic E-state index is 0.439. The number of nitrogens with zero attached hydrogens (tertiary/aromatic N) is 1. The molecule has 0 aromatic heterocycles. The molecule has 1 aromatic carbocycles. The molecule has 3 rings (SSSR count). The van der Waals surface area contributed by atoms with Crippen LogP contribution < -0.4 is 10.6 Å². The van der Waals surface area contributed by atoms with E-state index in [-0.39, 0.29) is 0 Å². The van der Waals surface area contributed by atoms with Crippen LogP contribution in [0.15, 0.2) is 36.9 Å². The Morgan fingerprint density at radius 2 is 2.00 bits per heavy atom. The van der Waals surface area contributed by atoms with E-state index in [9.17, 15) is 0 Å². The van der Waals surface area contributed by atoms with Crippen LogP contribution >= 0.6 is 23.8 Å². The van der Waals surface area contributed by atoms with Gasteiger partial charge in [-0.15, -0.1) is 6.58 Å². The zero-order valence-corrected chi connectivity index (χ0v) is 14.9. The maximum absolute atomic E-state index is 6.18. The molecule has 3 nitrogen and oxygen atoms in total. The Morgan fingerprint density at radius 3 is 2.65 bits per heavy atom. The van der Waals surface area contributed by atoms with Crippen LogP contribution in [-0.2, 0) is 0 Å². The Balaban J connectivity index is 1.58. The molecule has 1 aromatic rings. The van der Waals surface area contributed by atoms with Crippen LogP contribution in [0.5, 0.6) is 0 Å². The molecule has 0 amide bonds. The van der Waals surface area contributed by atoms with Gasteiger partial charge in [0.05, 0.1) is 10.7 Å². The van der Waals surface area contributed by atoms with Crippen LogP contribution in [0.25, 0.3) is 0 Å². The van der Waals surface area contributed by atoms with E-state index in [0.717, 1.165) is 25.1 Å². The highest BCUT2D eigenvalue weighted by molar-refractivity contribution is 7.80. The average Bonchev–Trinajstić information content (AvgIpc) is 2.50. The monoisotopic (exact) mass is 349 g/mol. The Kier molecular flexibility index (Phi) is 5.57. The van der Waals surface area contributed by atoms with Crippen molar-refractivity contribution in [2.45, 2.75) is 50.2 Å². The minimum Gasteiger partial charge on any atom is -0.360 e. The van der Waals surface area contributed by atoms with E-state index in [1.54, 1.807) is 0 Å². The molecule has 2 heterocycles. The number of anilines is 1. The van der Waals surface area contributed by atoms with Crippen LogP contribution in [0.2, 0.25) is 5.02 Å². The number of rotatable bonds is 4. The molecule has 2 atom stereocenters. The largest absolute Gasteiger partial charge is 0.360 e. The lowest BCUT2D eigenvalue weighted by Crippen LogP contribution is -2.57. The summed E-state index contributed by atoms with van der Waals surface area (Å²) in [5, 5.41) is 8.07. The Bertz CT molecular complexity index is 563. The summed E-state index contributed by atoms with van der Waals surface area (Å²) in [4.78, 5) is 2.62. The minimum atomic E-state index is 0.439. The molecule has 2 bridgehead atoms. The third kappa shape index (κ3) is 4.06. The van der Waals surface area contributed by atoms with Crippen molar-refractivity contribution in [1.29, 1.82) is 0 Å². The zero-order chi connectivity index (χ0) is 16.2. The van der Waals surface area contributed by atoms with Crippen molar-refractivity contribution in [2.75, 3.05) is 11.9 Å². The standard InChI is InChI=1S/C18H24ClN3S/c1-2-10-22-14-6-5-7-15(22)12-13(11-14)20-18(23)21-17-9-4-3-8-16(17)19/h2-4,8-9,13-15H,1,5-7,10-12H2,(H2,20,21,23). The maximum Gasteiger partial charge on any atom is 0.171 e. The summed E-state index contributed by atoms with van der Waals surface area (Å²) in [6.45, 7) is 4.91. The van der Waals surface area contributed by atoms with Gasteiger partial charge in [-0.05, 0) is 50.0 Å². The summed E-state index contributed by atoms with van der Waals surface area (Å²) in [5.41, 5.74) is 0.857. The lowest BCUT2D eigenvalue weighted by Gasteiger charge is -2.48. The van der Waals surface area contributed by atoms with Crippen LogP contribution in [0.1, 0.15) is 32.1 Å². The molecule has 2 unspecified atom stereocenters. The normalized spacial score (nSPS) is 27.3. The van der Waals surface area contributed by atoms with Crippen LogP contribution in [-0.4, -0.2) is 34.7 Å². The summed E-state index contributed by atoms with van der Waals surface area (Å²) in [7, 11) is 0. The number of fused-ring (bicyclic) bond motifs is 2. The van der Waals surface area contributed by atoms with Gasteiger partial charge in [-0.25, -0.2) is 0 Å². The number of halogens is 1. The number of thiocarbonyl (C=S) groups is 1. The first-order valence-electron chi connectivity index (χ1n) is 8.36. The molecule has 2 aliphatic rings. The van der Waals surface area contributed by atoms with E-state index in [1.807, 2.05) is 30.3 Å². The lowest BCUT2D eigenvalue weighted by molar-refractivity contribution is 0.0389. The van der Waals surface area contributed by atoms with E-state index < -0.39 is 0 Å². The third-order valence-corrected chi connectivity index (χ3v) is 5.47. The van der Waals surface area contributed by atoms with Crippen LogP contribution in [0.4, 0.5) is 5.69 Å². The van der Waals surface area contributed by atoms with Gasteiger partial charge in [0, 0.05) is 24.7 Å². The summed E-state index contributed by atoms with van der Waals surface area (Å²) in [6, 6.07) is 9.42. The molecule has 0 aliphatic carbocycles. The quantitative estimate of drug-likeness (QED) is 0.629. The van der Waals surface area contributed by atoms with E-state index in [0.29, 0.717) is 28.3 Å². The molecule has 5 heteroatoms. The summed E-state index contributed by atoms with van der Waals surface area (Å²) < 4.78 is 0. The second-order valence-corrected chi connectivity index (χ2v) is 7.29. The third-order valence-electron chi connectivity index (χ3n) is 4.92. The van der Waals surface area contributed by atoms with Crippen molar-refractivity contribution >= 4 is 34.6 Å². The Hall–Kier alpha value is -1.10. The average molecular weight is 350 g/mol. The van der Waals surface area contributed by atoms with E-state index in [4.69, 9.17) is 23.8 Å². The lowest BCUT2D eigenvalue weighted by atomic mass is 9.82. The molecule has 0 saturated carbocycles. The molecular weight excluding hydrogens is 326 g/mol. The molecule has 0 spiro atoms. The van der Waals surface area contributed by atoms with E-state index in [1.165, 1.54) is 19.3 Å². The second-order valence-electron chi connectivity index (χ2n) is 6.47. The van der Waals surface area contributed by atoms with Gasteiger partial charge in [0.2, 0.25) is 0 Å². The molecule has 23 heavy (non-hydrogen) atoms. The highest BCUT2D eigenvalue weighted by Gasteiger charge is 2.37. The number of benzene rings is 1. The first-order chi connectivity index (χ1) is 11.2. The molecule has 2 fully saturated rings. The van der Waals surface area contributed by atoms with Crippen molar-refractivity contribution in [3.8, 4) is 0 Å². The molecular formula is C18H24ClN3S. The molecule has 2 N–H and O–H groups in total. The number of piperidine rings is 2. The fraction of sp³-hybridized carbons (Fsp3) is 0.500. The number of hydrogen-bond donors (Lipinski definition) is 2. The SMILES string of the molecule is C=CCN1C2CCCC1CC(NC(=S)Nc1ccccc1Cl)C2. The molecule has 2 saturated heterocycles. The summed E-state index contributed by atoms with van der Waals surface area (Å²) in [6.07, 6.45) is 8.24. The van der Waals surface area contributed by atoms with Crippen molar-refractivity contribution in [3.63, 3.8) is 0 Å². The summed E-state index contributed by atoms with van der Waals surface area (Å²) >= 11 is 11.7. The molecule has 2 aliphatic heterocycles. The maximum atomic E-state index is 6.18.